The number of nitrogens with one attached hydrogen (secondary N) is 1. The molecule has 25 heavy (non-hydrogen) atoms. The predicted molar refractivity (Wildman–Crippen MR) is 94.0 cm³/mol. The maximum absolute atomic E-state index is 6.06. The van der Waals surface area contributed by atoms with Crippen molar-refractivity contribution >= 4 is 0 Å². The number of ether oxygens (including phenoxy) is 1. The summed E-state index contributed by atoms with van der Waals surface area (Å²) < 4.78 is 11.9. The highest BCUT2D eigenvalue weighted by molar-refractivity contribution is 5.51. The molecule has 2 aliphatic carbocycles. The van der Waals surface area contributed by atoms with Gasteiger partial charge in [0.05, 0.1) is 6.10 Å². The van der Waals surface area contributed by atoms with E-state index in [1.807, 2.05) is 30.3 Å². The highest BCUT2D eigenvalue weighted by Crippen LogP contribution is 2.60. The molecule has 0 bridgehead atoms. The first-order chi connectivity index (χ1) is 12.4. The topological polar surface area (TPSA) is 60.2 Å². The van der Waals surface area contributed by atoms with Gasteiger partial charge in [-0.2, -0.15) is 0 Å². The molecule has 1 aromatic carbocycles. The maximum atomic E-state index is 6.06. The summed E-state index contributed by atoms with van der Waals surface area (Å²) in [5.74, 6) is 2.03. The minimum absolute atomic E-state index is 0.408. The molecule has 5 nitrogen and oxygen atoms in total. The van der Waals surface area contributed by atoms with Gasteiger partial charge in [-0.1, -0.05) is 31.0 Å². The van der Waals surface area contributed by atoms with Crippen molar-refractivity contribution in [2.45, 2.75) is 50.7 Å². The molecule has 2 saturated carbocycles. The molecule has 2 aromatic rings. The average molecular weight is 339 g/mol. The molecule has 0 radical (unpaired) electrons. The second-order valence-corrected chi connectivity index (χ2v) is 7.73. The van der Waals surface area contributed by atoms with Gasteiger partial charge in [0.25, 0.3) is 0 Å². The third kappa shape index (κ3) is 2.52. The van der Waals surface area contributed by atoms with E-state index in [2.05, 4.69) is 15.5 Å². The van der Waals surface area contributed by atoms with E-state index < -0.39 is 0 Å². The number of nitrogens with zero attached hydrogens (tertiary/aromatic N) is 2. The lowest BCUT2D eigenvalue weighted by molar-refractivity contribution is -0.130. The van der Waals surface area contributed by atoms with E-state index >= 15 is 0 Å². The van der Waals surface area contributed by atoms with Gasteiger partial charge in [0.15, 0.2) is 0 Å². The smallest absolute Gasteiger partial charge is 0.247 e. The summed E-state index contributed by atoms with van der Waals surface area (Å²) in [5, 5.41) is 12.2. The highest BCUT2D eigenvalue weighted by Gasteiger charge is 2.64. The number of fused-ring (bicyclic) bond motifs is 2. The van der Waals surface area contributed by atoms with Crippen LogP contribution in [-0.2, 0) is 11.2 Å². The second kappa shape index (κ2) is 6.22. The van der Waals surface area contributed by atoms with Crippen molar-refractivity contribution in [3.05, 3.63) is 36.2 Å². The minimum atomic E-state index is 0.408. The zero-order chi connectivity index (χ0) is 16.7. The molecule has 5 rings (SSSR count). The SMILES string of the molecule is c1ccc(-c2nnc(CCNC3C4CCOC4C34CCCC4)o2)cc1. The van der Waals surface area contributed by atoms with E-state index in [0.29, 0.717) is 35.3 Å². The van der Waals surface area contributed by atoms with Crippen molar-refractivity contribution in [2.75, 3.05) is 13.2 Å². The fraction of sp³-hybridized carbons (Fsp3) is 0.600. The summed E-state index contributed by atoms with van der Waals surface area (Å²) in [6.07, 6.45) is 7.87. The summed E-state index contributed by atoms with van der Waals surface area (Å²) in [6.45, 7) is 1.84. The largest absolute Gasteiger partial charge is 0.421 e. The fourth-order valence-electron chi connectivity index (χ4n) is 5.39. The van der Waals surface area contributed by atoms with Crippen molar-refractivity contribution in [3.63, 3.8) is 0 Å². The zero-order valence-corrected chi connectivity index (χ0v) is 14.5. The summed E-state index contributed by atoms with van der Waals surface area (Å²) >= 11 is 0. The molecule has 3 fully saturated rings. The summed E-state index contributed by atoms with van der Waals surface area (Å²) in [4.78, 5) is 0. The van der Waals surface area contributed by atoms with Crippen LogP contribution in [0, 0.1) is 11.3 Å². The summed E-state index contributed by atoms with van der Waals surface area (Å²) in [7, 11) is 0. The molecule has 1 saturated heterocycles. The van der Waals surface area contributed by atoms with E-state index in [1.54, 1.807) is 0 Å². The van der Waals surface area contributed by atoms with Crippen molar-refractivity contribution < 1.29 is 9.15 Å². The van der Waals surface area contributed by atoms with Crippen molar-refractivity contribution in [1.82, 2.24) is 15.5 Å². The Labute approximate surface area is 148 Å². The third-order valence-electron chi connectivity index (χ3n) is 6.48. The van der Waals surface area contributed by atoms with Gasteiger partial charge in [-0.3, -0.25) is 0 Å². The Morgan fingerprint density at radius 1 is 1.12 bits per heavy atom. The Balaban J connectivity index is 1.21. The number of benzene rings is 1. The first kappa shape index (κ1) is 15.5. The van der Waals surface area contributed by atoms with Gasteiger partial charge in [0.2, 0.25) is 11.8 Å². The lowest BCUT2D eigenvalue weighted by Gasteiger charge is -2.57. The van der Waals surface area contributed by atoms with Crippen LogP contribution in [0.4, 0.5) is 0 Å². The molecule has 3 aliphatic rings. The van der Waals surface area contributed by atoms with Crippen LogP contribution in [0.15, 0.2) is 34.7 Å². The first-order valence-corrected chi connectivity index (χ1v) is 9.60. The van der Waals surface area contributed by atoms with E-state index in [9.17, 15) is 0 Å². The second-order valence-electron chi connectivity index (χ2n) is 7.73. The van der Waals surface area contributed by atoms with Gasteiger partial charge in [-0.05, 0) is 31.4 Å². The number of aromatic nitrogens is 2. The lowest BCUT2D eigenvalue weighted by Crippen LogP contribution is -2.67. The van der Waals surface area contributed by atoms with E-state index in [4.69, 9.17) is 9.15 Å². The van der Waals surface area contributed by atoms with Gasteiger partial charge >= 0.3 is 0 Å². The van der Waals surface area contributed by atoms with Gasteiger partial charge in [-0.25, -0.2) is 0 Å². The van der Waals surface area contributed by atoms with Crippen LogP contribution >= 0.6 is 0 Å². The van der Waals surface area contributed by atoms with Crippen LogP contribution in [0.2, 0.25) is 0 Å². The van der Waals surface area contributed by atoms with Crippen LogP contribution in [0.25, 0.3) is 11.5 Å². The molecule has 3 unspecified atom stereocenters. The normalized spacial score (nSPS) is 29.7. The number of hydrogen-bond donors (Lipinski definition) is 1. The van der Waals surface area contributed by atoms with Crippen LogP contribution in [0.1, 0.15) is 38.0 Å². The average Bonchev–Trinajstić information content (AvgIpc) is 3.38. The Hall–Kier alpha value is -1.72. The Bertz CT molecular complexity index is 724. The number of hydrogen-bond acceptors (Lipinski definition) is 5. The molecule has 1 spiro atoms. The molecule has 2 heterocycles. The molecular formula is C20H25N3O2. The molecule has 5 heteroatoms. The molecule has 3 atom stereocenters. The van der Waals surface area contributed by atoms with Gasteiger partial charge < -0.3 is 14.5 Å². The van der Waals surface area contributed by atoms with Crippen LogP contribution in [-0.4, -0.2) is 35.5 Å². The summed E-state index contributed by atoms with van der Waals surface area (Å²) in [5.41, 5.74) is 1.38. The highest BCUT2D eigenvalue weighted by atomic mass is 16.5. The molecule has 1 N–H and O–H groups in total. The molecule has 1 aromatic heterocycles. The van der Waals surface area contributed by atoms with E-state index in [1.165, 1.54) is 32.1 Å². The predicted octanol–water partition coefficient (Wildman–Crippen LogP) is 3.22. The van der Waals surface area contributed by atoms with E-state index in [-0.39, 0.29) is 0 Å². The van der Waals surface area contributed by atoms with Crippen molar-refractivity contribution in [3.8, 4) is 11.5 Å². The van der Waals surface area contributed by atoms with Gasteiger partial charge in [-0.15, -0.1) is 10.2 Å². The third-order valence-corrected chi connectivity index (χ3v) is 6.48. The Morgan fingerprint density at radius 2 is 1.96 bits per heavy atom. The Morgan fingerprint density at radius 3 is 2.80 bits per heavy atom. The lowest BCUT2D eigenvalue weighted by atomic mass is 9.54. The van der Waals surface area contributed by atoms with Gasteiger partial charge in [0.1, 0.15) is 0 Å². The standard InChI is InChI=1S/C20H25N3O2/c1-2-6-14(7-3-1)19-23-22-16(25-19)8-12-21-17-15-9-13-24-18(15)20(17)10-4-5-11-20/h1-3,6-7,15,17-18,21H,4-5,8-13H2. The monoisotopic (exact) mass is 339 g/mol. The zero-order valence-electron chi connectivity index (χ0n) is 14.5. The fourth-order valence-corrected chi connectivity index (χ4v) is 5.39. The number of rotatable bonds is 5. The maximum Gasteiger partial charge on any atom is 0.247 e. The molecule has 132 valence electrons. The molecule has 0 amide bonds. The summed E-state index contributed by atoms with van der Waals surface area (Å²) in [6, 6.07) is 10.6. The molecule has 1 aliphatic heterocycles. The van der Waals surface area contributed by atoms with E-state index in [0.717, 1.165) is 25.1 Å². The van der Waals surface area contributed by atoms with Crippen LogP contribution in [0.3, 0.4) is 0 Å². The Kier molecular flexibility index (Phi) is 3.86. The van der Waals surface area contributed by atoms with Crippen molar-refractivity contribution in [1.29, 1.82) is 0 Å². The minimum Gasteiger partial charge on any atom is -0.421 e. The molecular weight excluding hydrogens is 314 g/mol. The van der Waals surface area contributed by atoms with Crippen LogP contribution in [0.5, 0.6) is 0 Å². The van der Waals surface area contributed by atoms with Crippen molar-refractivity contribution in [2.24, 2.45) is 11.3 Å². The quantitative estimate of drug-likeness (QED) is 0.906. The first-order valence-electron chi connectivity index (χ1n) is 9.60. The van der Waals surface area contributed by atoms with Crippen LogP contribution < -0.4 is 5.32 Å². The van der Waals surface area contributed by atoms with Gasteiger partial charge in [0, 0.05) is 42.5 Å².